The van der Waals surface area contributed by atoms with Crippen molar-refractivity contribution in [3.63, 3.8) is 0 Å². The number of alkyl halides is 2. The van der Waals surface area contributed by atoms with Gasteiger partial charge >= 0.3 is 6.61 Å². The first-order chi connectivity index (χ1) is 14.3. The monoisotopic (exact) mass is 410 g/mol. The minimum Gasteiger partial charge on any atom is -0.417 e. The summed E-state index contributed by atoms with van der Waals surface area (Å²) >= 11 is 0. The smallest absolute Gasteiger partial charge is 0.388 e. The van der Waals surface area contributed by atoms with Gasteiger partial charge in [0.2, 0.25) is 5.88 Å². The Kier molecular flexibility index (Phi) is 6.36. The number of amides is 1. The summed E-state index contributed by atoms with van der Waals surface area (Å²) in [6.07, 6.45) is 3.70. The van der Waals surface area contributed by atoms with Crippen molar-refractivity contribution in [3.8, 4) is 17.1 Å². The van der Waals surface area contributed by atoms with Crippen LogP contribution in [0.1, 0.15) is 16.1 Å². The van der Waals surface area contributed by atoms with E-state index >= 15 is 0 Å². The highest BCUT2D eigenvalue weighted by Crippen LogP contribution is 2.21. The molecule has 0 aliphatic rings. The second-order valence-corrected chi connectivity index (χ2v) is 5.86. The van der Waals surface area contributed by atoms with Crippen LogP contribution in [0.25, 0.3) is 11.3 Å². The zero-order valence-corrected chi connectivity index (χ0v) is 15.1. The van der Waals surface area contributed by atoms with E-state index in [2.05, 4.69) is 19.7 Å². The van der Waals surface area contributed by atoms with Crippen LogP contribution in [0.3, 0.4) is 0 Å². The van der Waals surface area contributed by atoms with Crippen LogP contribution in [-0.2, 0) is 10.2 Å². The number of pyridine rings is 1. The molecule has 7 nitrogen and oxygen atoms in total. The van der Waals surface area contributed by atoms with Gasteiger partial charge in [0.25, 0.3) is 5.91 Å². The highest BCUT2D eigenvalue weighted by Gasteiger charge is 2.25. The van der Waals surface area contributed by atoms with Gasteiger partial charge in [-0.15, -0.1) is 0 Å². The molecule has 0 atom stereocenters. The van der Waals surface area contributed by atoms with E-state index in [0.717, 1.165) is 12.3 Å². The maximum absolute atomic E-state index is 13.8. The Hall–Kier alpha value is -3.40. The third kappa shape index (κ3) is 5.15. The normalized spacial score (nSPS) is 11.3. The molecular weight excluding hydrogens is 399 g/mol. The van der Waals surface area contributed by atoms with Gasteiger partial charge in [-0.3, -0.25) is 14.6 Å². The first kappa shape index (κ1) is 21.3. The largest absolute Gasteiger partial charge is 0.417 e. The Labute approximate surface area is 171 Å². The Morgan fingerprint density at radius 1 is 1.10 bits per heavy atom. The molecule has 30 heavy (non-hydrogen) atoms. The zero-order valence-electron chi connectivity index (χ0n) is 15.1. The number of ether oxygens (including phenoxy) is 1. The standard InChI is InChI=1S/C18H11B2F3N4O3/c19-18(20,11-3-1-2-4-12(11)21)30-27-16(28)14-9-24-8-13(26-14)10-5-6-15(25-7-10)29-17(22)23/h1-9,17H,(H,27,28). The van der Waals surface area contributed by atoms with Crippen LogP contribution in [0.5, 0.6) is 5.88 Å². The third-order valence-corrected chi connectivity index (χ3v) is 3.72. The molecule has 0 aliphatic carbocycles. The van der Waals surface area contributed by atoms with E-state index in [0.29, 0.717) is 5.56 Å². The SMILES string of the molecule is [B]C([B])(ONC(=O)c1cncc(-c2ccc(OC(F)F)nc2)n1)c1ccccc1F. The van der Waals surface area contributed by atoms with Crippen molar-refractivity contribution < 1.29 is 27.5 Å². The maximum atomic E-state index is 13.8. The van der Waals surface area contributed by atoms with Crippen molar-refractivity contribution in [2.24, 2.45) is 0 Å². The second-order valence-electron chi connectivity index (χ2n) is 5.86. The Balaban J connectivity index is 1.71. The number of aromatic nitrogens is 3. The van der Waals surface area contributed by atoms with E-state index < -0.39 is 23.7 Å². The van der Waals surface area contributed by atoms with E-state index in [1.54, 1.807) is 0 Å². The number of nitrogens with zero attached hydrogens (tertiary/aromatic N) is 3. The molecule has 0 aliphatic heterocycles. The summed E-state index contributed by atoms with van der Waals surface area (Å²) in [6.45, 7) is -3.00. The summed E-state index contributed by atoms with van der Waals surface area (Å²) in [5.41, 5.74) is 2.25. The summed E-state index contributed by atoms with van der Waals surface area (Å²) in [6, 6.07) is 8.00. The molecule has 2 heterocycles. The number of halogens is 3. The molecule has 3 rings (SSSR count). The Morgan fingerprint density at radius 2 is 1.87 bits per heavy atom. The van der Waals surface area contributed by atoms with Crippen molar-refractivity contribution >= 4 is 21.6 Å². The molecular formula is C18H11B2F3N4O3. The summed E-state index contributed by atoms with van der Waals surface area (Å²) in [4.78, 5) is 29.0. The lowest BCUT2D eigenvalue weighted by Gasteiger charge is -2.26. The predicted molar refractivity (Wildman–Crippen MR) is 100 cm³/mol. The first-order valence-corrected chi connectivity index (χ1v) is 8.30. The molecule has 148 valence electrons. The Morgan fingerprint density at radius 3 is 2.53 bits per heavy atom. The molecule has 12 heteroatoms. The Bertz CT molecular complexity index is 1040. The first-order valence-electron chi connectivity index (χ1n) is 8.30. The van der Waals surface area contributed by atoms with Crippen molar-refractivity contribution in [2.45, 2.75) is 12.0 Å². The summed E-state index contributed by atoms with van der Waals surface area (Å²) < 4.78 is 42.4. The topological polar surface area (TPSA) is 86.2 Å². The van der Waals surface area contributed by atoms with Crippen LogP contribution in [0.2, 0.25) is 0 Å². The van der Waals surface area contributed by atoms with Gasteiger partial charge in [-0.2, -0.15) is 8.78 Å². The number of hydrogen-bond acceptors (Lipinski definition) is 6. The molecule has 0 bridgehead atoms. The number of carbonyl (C=O) groups is 1. The fourth-order valence-electron chi connectivity index (χ4n) is 2.32. The average Bonchev–Trinajstić information content (AvgIpc) is 2.72. The summed E-state index contributed by atoms with van der Waals surface area (Å²) in [5, 5.41) is -2.14. The van der Waals surface area contributed by atoms with Crippen LogP contribution in [0, 0.1) is 5.82 Å². The summed E-state index contributed by atoms with van der Waals surface area (Å²) in [7, 11) is 11.5. The number of nitrogens with one attached hydrogen (secondary N) is 1. The van der Waals surface area contributed by atoms with Gasteiger partial charge in [0.15, 0.2) is 0 Å². The third-order valence-electron chi connectivity index (χ3n) is 3.72. The quantitative estimate of drug-likeness (QED) is 0.475. The highest BCUT2D eigenvalue weighted by atomic mass is 19.3. The molecule has 1 amide bonds. The number of hydrogen-bond donors (Lipinski definition) is 1. The van der Waals surface area contributed by atoms with Gasteiger partial charge < -0.3 is 4.74 Å². The lowest BCUT2D eigenvalue weighted by molar-refractivity contribution is -0.0528. The molecule has 1 N–H and O–H groups in total. The number of hydroxylamine groups is 1. The van der Waals surface area contributed by atoms with Gasteiger partial charge in [-0.1, -0.05) is 18.2 Å². The van der Waals surface area contributed by atoms with Gasteiger partial charge in [0.1, 0.15) is 27.2 Å². The molecule has 0 saturated heterocycles. The lowest BCUT2D eigenvalue weighted by atomic mass is 9.61. The molecule has 0 fully saturated rings. The van der Waals surface area contributed by atoms with Crippen LogP contribution in [0.4, 0.5) is 13.2 Å². The van der Waals surface area contributed by atoms with Crippen LogP contribution < -0.4 is 10.2 Å². The van der Waals surface area contributed by atoms with Crippen LogP contribution in [-0.4, -0.2) is 43.2 Å². The summed E-state index contributed by atoms with van der Waals surface area (Å²) in [5.74, 6) is -1.85. The average molecular weight is 410 g/mol. The van der Waals surface area contributed by atoms with Gasteiger partial charge in [-0.05, 0) is 12.1 Å². The van der Waals surface area contributed by atoms with E-state index in [1.165, 1.54) is 42.7 Å². The fourth-order valence-corrected chi connectivity index (χ4v) is 2.32. The predicted octanol–water partition coefficient (Wildman–Crippen LogP) is 2.09. The minimum absolute atomic E-state index is 0.176. The molecule has 0 spiro atoms. The van der Waals surface area contributed by atoms with Crippen molar-refractivity contribution in [3.05, 3.63) is 72.1 Å². The minimum atomic E-state index is -3.00. The van der Waals surface area contributed by atoms with Gasteiger partial charge in [-0.25, -0.2) is 19.8 Å². The van der Waals surface area contributed by atoms with Crippen molar-refractivity contribution in [2.75, 3.05) is 0 Å². The van der Waals surface area contributed by atoms with Crippen LogP contribution >= 0.6 is 0 Å². The number of rotatable bonds is 7. The van der Waals surface area contributed by atoms with Gasteiger partial charge in [0.05, 0.1) is 18.1 Å². The van der Waals surface area contributed by atoms with E-state index in [9.17, 15) is 18.0 Å². The number of carbonyl (C=O) groups excluding carboxylic acids is 1. The van der Waals surface area contributed by atoms with Crippen LogP contribution in [0.15, 0.2) is 55.0 Å². The molecule has 1 aromatic carbocycles. The number of benzene rings is 1. The van der Waals surface area contributed by atoms with E-state index in [-0.39, 0.29) is 22.8 Å². The fraction of sp³-hybridized carbons (Fsp3) is 0.111. The van der Waals surface area contributed by atoms with Crippen molar-refractivity contribution in [1.29, 1.82) is 0 Å². The molecule has 2 aromatic heterocycles. The van der Waals surface area contributed by atoms with E-state index in [1.807, 2.05) is 5.48 Å². The highest BCUT2D eigenvalue weighted by molar-refractivity contribution is 6.38. The molecule has 3 aromatic rings. The molecule has 0 unspecified atom stereocenters. The molecule has 0 saturated carbocycles. The van der Waals surface area contributed by atoms with Crippen molar-refractivity contribution in [1.82, 2.24) is 20.4 Å². The zero-order chi connectivity index (χ0) is 21.7. The van der Waals surface area contributed by atoms with Gasteiger partial charge in [0, 0.05) is 28.8 Å². The van der Waals surface area contributed by atoms with E-state index in [4.69, 9.17) is 20.5 Å². The molecule has 4 radical (unpaired) electrons. The lowest BCUT2D eigenvalue weighted by Crippen LogP contribution is -2.40. The maximum Gasteiger partial charge on any atom is 0.388 e. The second kappa shape index (κ2) is 8.95.